The van der Waals surface area contributed by atoms with Gasteiger partial charge in [0.05, 0.1) is 44.0 Å². The number of carbonyl (C=O) groups excluding carboxylic acids is 1. The number of sulfonamides is 1. The molecule has 0 aliphatic carbocycles. The fourth-order valence-corrected chi connectivity index (χ4v) is 4.87. The van der Waals surface area contributed by atoms with Crippen LogP contribution in [0.4, 0.5) is 5.69 Å². The fourth-order valence-electron chi connectivity index (χ4n) is 3.79. The molecule has 1 fully saturated rings. The van der Waals surface area contributed by atoms with E-state index >= 15 is 0 Å². The molecule has 11 heteroatoms. The molecule has 3 aromatic rings. The van der Waals surface area contributed by atoms with Gasteiger partial charge in [0.2, 0.25) is 5.43 Å². The molecule has 10 nitrogen and oxygen atoms in total. The highest BCUT2D eigenvalue weighted by Gasteiger charge is 2.19. The Kier molecular flexibility index (Phi) is 7.15. The van der Waals surface area contributed by atoms with Gasteiger partial charge in [-0.2, -0.15) is 0 Å². The number of hydrogen-bond donors (Lipinski definition) is 4. The Morgan fingerprint density at radius 2 is 1.97 bits per heavy atom. The largest absolute Gasteiger partial charge is 0.497 e. The first-order chi connectivity index (χ1) is 16.4. The number of nitrogens with one attached hydrogen (secondary N) is 4. The summed E-state index contributed by atoms with van der Waals surface area (Å²) in [6.45, 7) is 4.32. The van der Waals surface area contributed by atoms with Crippen molar-refractivity contribution in [2.24, 2.45) is 0 Å². The van der Waals surface area contributed by atoms with Crippen molar-refractivity contribution in [1.82, 2.24) is 10.3 Å². The quantitative estimate of drug-likeness (QED) is 0.353. The molecule has 2 heterocycles. The molecule has 1 amide bonds. The van der Waals surface area contributed by atoms with Crippen LogP contribution in [0.1, 0.15) is 10.4 Å². The summed E-state index contributed by atoms with van der Waals surface area (Å²) >= 11 is 0. The third-order valence-corrected chi connectivity index (χ3v) is 7.07. The van der Waals surface area contributed by atoms with Gasteiger partial charge >= 0.3 is 0 Å². The van der Waals surface area contributed by atoms with Crippen molar-refractivity contribution in [3.8, 4) is 5.75 Å². The van der Waals surface area contributed by atoms with Crippen molar-refractivity contribution in [2.75, 3.05) is 51.2 Å². The molecular formula is C23H27N4O6S+. The lowest BCUT2D eigenvalue weighted by Gasteiger charge is -2.23. The van der Waals surface area contributed by atoms with Crippen LogP contribution in [-0.4, -0.2) is 65.8 Å². The zero-order chi connectivity index (χ0) is 24.1. The number of pyridine rings is 1. The standard InChI is InChI=1S/C23H26N4O6S/c1-32-17-4-2-3-16(13-17)26-34(30,31)18-5-6-21-19(14-18)22(28)20(15-25-21)23(29)24-7-8-27-9-11-33-12-10-27/h2-6,13-15,26H,7-12H2,1H3,(H,24,29)(H,25,28)/p+1. The molecule has 1 aliphatic heterocycles. The molecule has 4 N–H and O–H groups in total. The number of benzene rings is 2. The molecule has 1 aromatic heterocycles. The van der Waals surface area contributed by atoms with Crippen molar-refractivity contribution in [1.29, 1.82) is 0 Å². The van der Waals surface area contributed by atoms with E-state index in [0.29, 0.717) is 36.7 Å². The maximum atomic E-state index is 13.0. The Labute approximate surface area is 196 Å². The first-order valence-corrected chi connectivity index (χ1v) is 12.4. The topological polar surface area (TPSA) is 131 Å². The summed E-state index contributed by atoms with van der Waals surface area (Å²) in [6.07, 6.45) is 1.35. The highest BCUT2D eigenvalue weighted by atomic mass is 32.2. The summed E-state index contributed by atoms with van der Waals surface area (Å²) in [5, 5.41) is 2.89. The number of hydrogen-bond acceptors (Lipinski definition) is 6. The van der Waals surface area contributed by atoms with Gasteiger partial charge in [-0.15, -0.1) is 0 Å². The predicted molar refractivity (Wildman–Crippen MR) is 127 cm³/mol. The van der Waals surface area contributed by atoms with Gasteiger partial charge in [0, 0.05) is 23.2 Å². The fraction of sp³-hybridized carbons (Fsp3) is 0.304. The molecule has 0 atom stereocenters. The minimum atomic E-state index is -3.98. The average Bonchev–Trinajstić information content (AvgIpc) is 2.84. The molecule has 0 bridgehead atoms. The minimum absolute atomic E-state index is 0.0696. The van der Waals surface area contributed by atoms with Gasteiger partial charge in [0.1, 0.15) is 24.4 Å². The molecule has 0 radical (unpaired) electrons. The third-order valence-electron chi connectivity index (χ3n) is 5.69. The first kappa shape index (κ1) is 23.7. The second kappa shape index (κ2) is 10.2. The van der Waals surface area contributed by atoms with Crippen molar-refractivity contribution in [3.05, 3.63) is 64.4 Å². The Bertz CT molecular complexity index is 1350. The predicted octanol–water partition coefficient (Wildman–Crippen LogP) is -0.0176. The molecule has 0 saturated carbocycles. The minimum Gasteiger partial charge on any atom is -0.497 e. The number of H-pyrrole nitrogens is 1. The van der Waals surface area contributed by atoms with E-state index in [0.717, 1.165) is 19.6 Å². The third kappa shape index (κ3) is 5.38. The van der Waals surface area contributed by atoms with Crippen molar-refractivity contribution in [2.45, 2.75) is 4.90 Å². The Hall–Kier alpha value is -3.41. The molecule has 4 rings (SSSR count). The van der Waals surface area contributed by atoms with Crippen LogP contribution in [-0.2, 0) is 14.8 Å². The van der Waals surface area contributed by atoms with Crippen LogP contribution in [0.2, 0.25) is 0 Å². The van der Waals surface area contributed by atoms with E-state index in [2.05, 4.69) is 15.0 Å². The summed E-state index contributed by atoms with van der Waals surface area (Å²) in [5.74, 6) is -0.000365. The average molecular weight is 488 g/mol. The first-order valence-electron chi connectivity index (χ1n) is 10.9. The zero-order valence-corrected chi connectivity index (χ0v) is 19.5. The molecule has 34 heavy (non-hydrogen) atoms. The van der Waals surface area contributed by atoms with Crippen LogP contribution in [0.15, 0.2) is 58.4 Å². The SMILES string of the molecule is COc1cccc(NS(=O)(=O)c2ccc3[nH]cc(C(=O)NCC[NH+]4CCOCC4)c(=O)c3c2)c1. The van der Waals surface area contributed by atoms with Gasteiger partial charge in [-0.3, -0.25) is 14.3 Å². The van der Waals surface area contributed by atoms with E-state index in [1.54, 1.807) is 24.3 Å². The van der Waals surface area contributed by atoms with Crippen molar-refractivity contribution < 1.29 is 27.6 Å². The smallest absolute Gasteiger partial charge is 0.261 e. The monoisotopic (exact) mass is 487 g/mol. The molecule has 180 valence electrons. The Morgan fingerprint density at radius 3 is 2.74 bits per heavy atom. The maximum absolute atomic E-state index is 13.0. The molecular weight excluding hydrogens is 460 g/mol. The van der Waals surface area contributed by atoms with Gasteiger partial charge in [0.15, 0.2) is 0 Å². The number of ether oxygens (including phenoxy) is 2. The van der Waals surface area contributed by atoms with E-state index in [4.69, 9.17) is 9.47 Å². The van der Waals surface area contributed by atoms with Crippen LogP contribution >= 0.6 is 0 Å². The molecule has 0 spiro atoms. The molecule has 1 saturated heterocycles. The summed E-state index contributed by atoms with van der Waals surface area (Å²) in [7, 11) is -2.49. The van der Waals surface area contributed by atoms with E-state index in [1.807, 2.05) is 0 Å². The van der Waals surface area contributed by atoms with Crippen LogP contribution in [0, 0.1) is 0 Å². The highest BCUT2D eigenvalue weighted by Crippen LogP contribution is 2.22. The summed E-state index contributed by atoms with van der Waals surface area (Å²) in [6, 6.07) is 10.7. The number of fused-ring (bicyclic) bond motifs is 1. The maximum Gasteiger partial charge on any atom is 0.261 e. The lowest BCUT2D eigenvalue weighted by Crippen LogP contribution is -3.14. The van der Waals surface area contributed by atoms with Gasteiger partial charge in [-0.1, -0.05) is 6.07 Å². The van der Waals surface area contributed by atoms with E-state index in [-0.39, 0.29) is 15.8 Å². The highest BCUT2D eigenvalue weighted by molar-refractivity contribution is 7.92. The zero-order valence-electron chi connectivity index (χ0n) is 18.7. The lowest BCUT2D eigenvalue weighted by atomic mass is 10.1. The second-order valence-corrected chi connectivity index (χ2v) is 9.63. The van der Waals surface area contributed by atoms with Crippen LogP contribution in [0.5, 0.6) is 5.75 Å². The molecule has 0 unspecified atom stereocenters. The summed E-state index contributed by atoms with van der Waals surface area (Å²) in [5.41, 5.74) is 0.145. The van der Waals surface area contributed by atoms with Gasteiger partial charge in [-0.05, 0) is 30.3 Å². The van der Waals surface area contributed by atoms with E-state index in [1.165, 1.54) is 36.4 Å². The number of aromatic amines is 1. The van der Waals surface area contributed by atoms with Crippen molar-refractivity contribution >= 4 is 32.5 Å². The van der Waals surface area contributed by atoms with Crippen LogP contribution in [0.25, 0.3) is 10.9 Å². The Balaban J connectivity index is 1.53. The van der Waals surface area contributed by atoms with Gasteiger partial charge < -0.3 is 24.7 Å². The number of quaternary nitrogens is 1. The number of morpholine rings is 1. The van der Waals surface area contributed by atoms with Crippen LogP contribution in [0.3, 0.4) is 0 Å². The number of anilines is 1. The van der Waals surface area contributed by atoms with E-state index < -0.39 is 21.4 Å². The number of carbonyl (C=O) groups is 1. The Morgan fingerprint density at radius 1 is 1.18 bits per heavy atom. The van der Waals surface area contributed by atoms with Gasteiger partial charge in [-0.25, -0.2) is 8.42 Å². The van der Waals surface area contributed by atoms with Gasteiger partial charge in [0.25, 0.3) is 15.9 Å². The number of amides is 1. The lowest BCUT2D eigenvalue weighted by molar-refractivity contribution is -0.906. The molecule has 1 aliphatic rings. The number of rotatable bonds is 8. The molecule has 2 aromatic carbocycles. The van der Waals surface area contributed by atoms with Crippen molar-refractivity contribution in [3.63, 3.8) is 0 Å². The normalized spacial score (nSPS) is 14.6. The summed E-state index contributed by atoms with van der Waals surface area (Å²) < 4.78 is 38.7. The van der Waals surface area contributed by atoms with E-state index in [9.17, 15) is 18.0 Å². The second-order valence-electron chi connectivity index (χ2n) is 7.94. The summed E-state index contributed by atoms with van der Waals surface area (Å²) in [4.78, 5) is 29.8. The number of methoxy groups -OCH3 is 1. The van der Waals surface area contributed by atoms with Crippen LogP contribution < -0.4 is 25.1 Å². The number of aromatic nitrogens is 1.